The van der Waals surface area contributed by atoms with Crippen molar-refractivity contribution in [3.63, 3.8) is 0 Å². The second-order valence-electron chi connectivity index (χ2n) is 9.79. The molecule has 2 aliphatic rings. The zero-order valence-electron chi connectivity index (χ0n) is 22.4. The molecule has 7 nitrogen and oxygen atoms in total. The number of amides is 2. The lowest BCUT2D eigenvalue weighted by molar-refractivity contribution is -0.133. The van der Waals surface area contributed by atoms with Crippen molar-refractivity contribution in [1.82, 2.24) is 9.80 Å². The summed E-state index contributed by atoms with van der Waals surface area (Å²) in [5.41, 5.74) is 3.66. The van der Waals surface area contributed by atoms with Crippen molar-refractivity contribution in [3.05, 3.63) is 76.3 Å². The molecule has 2 amide bonds. The first-order chi connectivity index (χ1) is 19.3. The highest BCUT2D eigenvalue weighted by Gasteiger charge is 2.32. The summed E-state index contributed by atoms with van der Waals surface area (Å²) in [5.74, 6) is -0.0807. The molecule has 40 heavy (non-hydrogen) atoms. The van der Waals surface area contributed by atoms with E-state index in [0.717, 1.165) is 29.8 Å². The fourth-order valence-corrected chi connectivity index (χ4v) is 5.70. The van der Waals surface area contributed by atoms with Crippen LogP contribution in [0.25, 0.3) is 11.1 Å². The molecule has 2 aliphatic heterocycles. The van der Waals surface area contributed by atoms with Crippen molar-refractivity contribution in [3.8, 4) is 16.9 Å². The number of carbonyl (C=O) groups is 2. The van der Waals surface area contributed by atoms with Gasteiger partial charge in [-0.05, 0) is 47.2 Å². The molecule has 0 aromatic heterocycles. The predicted octanol–water partition coefficient (Wildman–Crippen LogP) is 5.64. The van der Waals surface area contributed by atoms with Crippen LogP contribution in [-0.4, -0.2) is 80.9 Å². The van der Waals surface area contributed by atoms with Crippen molar-refractivity contribution in [2.75, 3.05) is 64.2 Å². The molecule has 1 saturated heterocycles. The Hall–Kier alpha value is -2.75. The first-order valence-corrected chi connectivity index (χ1v) is 15.0. The number of ether oxygens (including phenoxy) is 2. The molecule has 1 unspecified atom stereocenters. The van der Waals surface area contributed by atoms with Crippen LogP contribution in [0, 0.1) is 0 Å². The van der Waals surface area contributed by atoms with E-state index in [1.54, 1.807) is 35.8 Å². The van der Waals surface area contributed by atoms with E-state index in [1.165, 1.54) is 9.80 Å². The normalized spacial score (nSPS) is 16.3. The summed E-state index contributed by atoms with van der Waals surface area (Å²) in [7, 11) is 1.80. The summed E-state index contributed by atoms with van der Waals surface area (Å²) < 4.78 is 11.1. The number of morpholine rings is 1. The molecule has 1 fully saturated rings. The first-order valence-electron chi connectivity index (χ1n) is 13.1. The third-order valence-corrected chi connectivity index (χ3v) is 8.79. The second-order valence-corrected chi connectivity index (χ2v) is 11.5. The summed E-state index contributed by atoms with van der Waals surface area (Å²) in [5, 5.41) is 0.615. The van der Waals surface area contributed by atoms with E-state index in [-0.39, 0.29) is 36.0 Å². The Kier molecular flexibility index (Phi) is 9.23. The van der Waals surface area contributed by atoms with E-state index >= 15 is 0 Å². The van der Waals surface area contributed by atoms with E-state index in [0.29, 0.717) is 36.2 Å². The first kappa shape index (κ1) is 28.8. The van der Waals surface area contributed by atoms with Gasteiger partial charge in [-0.3, -0.25) is 19.4 Å². The summed E-state index contributed by atoms with van der Waals surface area (Å²) in [6.07, 6.45) is 2.06. The highest BCUT2D eigenvalue weighted by molar-refractivity contribution is 7.98. The highest BCUT2D eigenvalue weighted by atomic mass is 35.5. The minimum absolute atomic E-state index is 0.140. The van der Waals surface area contributed by atoms with Crippen molar-refractivity contribution in [2.45, 2.75) is 10.9 Å². The Bertz CT molecular complexity index is 1380. The number of hydrogen-bond donors (Lipinski definition) is 0. The van der Waals surface area contributed by atoms with E-state index < -0.39 is 0 Å². The Labute approximate surface area is 248 Å². The maximum atomic E-state index is 13.8. The molecule has 10 heteroatoms. The van der Waals surface area contributed by atoms with Gasteiger partial charge >= 0.3 is 0 Å². The van der Waals surface area contributed by atoms with Crippen molar-refractivity contribution in [1.29, 1.82) is 0 Å². The molecular formula is C30H31Cl2N3O4S. The van der Waals surface area contributed by atoms with E-state index in [1.807, 2.05) is 6.07 Å². The van der Waals surface area contributed by atoms with Gasteiger partial charge in [-0.1, -0.05) is 53.5 Å². The van der Waals surface area contributed by atoms with Gasteiger partial charge in [-0.2, -0.15) is 0 Å². The van der Waals surface area contributed by atoms with Crippen LogP contribution in [0.1, 0.15) is 11.6 Å². The molecule has 5 rings (SSSR count). The number of benzene rings is 3. The second kappa shape index (κ2) is 12.8. The molecule has 0 saturated carbocycles. The van der Waals surface area contributed by atoms with E-state index in [4.69, 9.17) is 32.7 Å². The summed E-state index contributed by atoms with van der Waals surface area (Å²) in [4.78, 5) is 33.3. The molecule has 0 radical (unpaired) electrons. The Morgan fingerprint density at radius 1 is 1.02 bits per heavy atom. The van der Waals surface area contributed by atoms with E-state index in [9.17, 15) is 9.59 Å². The monoisotopic (exact) mass is 599 g/mol. The SMILES string of the molecule is CSc1ccc(-c2cccc(C(CN3CCOCC3)N(C)C(=O)CN3C(=O)COc4cc(Cl)c(Cl)cc43)c2)cc1. The van der Waals surface area contributed by atoms with Gasteiger partial charge in [0.15, 0.2) is 6.61 Å². The topological polar surface area (TPSA) is 62.3 Å². The lowest BCUT2D eigenvalue weighted by Gasteiger charge is -2.37. The zero-order chi connectivity index (χ0) is 28.2. The largest absolute Gasteiger partial charge is 0.482 e. The number of anilines is 1. The van der Waals surface area contributed by atoms with Crippen LogP contribution in [-0.2, 0) is 14.3 Å². The lowest BCUT2D eigenvalue weighted by atomic mass is 9.98. The molecule has 0 N–H and O–H groups in total. The predicted molar refractivity (Wildman–Crippen MR) is 161 cm³/mol. The highest BCUT2D eigenvalue weighted by Crippen LogP contribution is 2.39. The van der Waals surface area contributed by atoms with Crippen LogP contribution in [0.4, 0.5) is 5.69 Å². The van der Waals surface area contributed by atoms with Crippen LogP contribution in [0.15, 0.2) is 65.6 Å². The maximum Gasteiger partial charge on any atom is 0.265 e. The summed E-state index contributed by atoms with van der Waals surface area (Å²) in [6.45, 7) is 3.25. The number of hydrogen-bond acceptors (Lipinski definition) is 6. The van der Waals surface area contributed by atoms with Crippen molar-refractivity contribution in [2.24, 2.45) is 0 Å². The summed E-state index contributed by atoms with van der Waals surface area (Å²) in [6, 6.07) is 19.7. The van der Waals surface area contributed by atoms with Gasteiger partial charge < -0.3 is 14.4 Å². The van der Waals surface area contributed by atoms with Gasteiger partial charge in [-0.25, -0.2) is 0 Å². The van der Waals surface area contributed by atoms with Gasteiger partial charge in [0.2, 0.25) is 5.91 Å². The van der Waals surface area contributed by atoms with Gasteiger partial charge in [0.25, 0.3) is 5.91 Å². The molecular weight excluding hydrogens is 569 g/mol. The third-order valence-electron chi connectivity index (χ3n) is 7.33. The van der Waals surface area contributed by atoms with Crippen LogP contribution < -0.4 is 9.64 Å². The third kappa shape index (κ3) is 6.42. The fourth-order valence-electron chi connectivity index (χ4n) is 4.98. The number of fused-ring (bicyclic) bond motifs is 1. The molecule has 1 atom stereocenters. The number of halogens is 2. The minimum Gasteiger partial charge on any atom is -0.482 e. The average molecular weight is 601 g/mol. The number of nitrogens with zero attached hydrogens (tertiary/aromatic N) is 3. The van der Waals surface area contributed by atoms with Crippen LogP contribution in [0.5, 0.6) is 5.75 Å². The molecule has 210 valence electrons. The molecule has 3 aromatic carbocycles. The van der Waals surface area contributed by atoms with Gasteiger partial charge in [0, 0.05) is 37.6 Å². The Balaban J connectivity index is 1.42. The smallest absolute Gasteiger partial charge is 0.265 e. The zero-order valence-corrected chi connectivity index (χ0v) is 24.8. The number of likely N-dealkylation sites (N-methyl/N-ethyl adjacent to an activating group) is 1. The molecule has 3 aromatic rings. The average Bonchev–Trinajstić information content (AvgIpc) is 2.98. The number of thioether (sulfide) groups is 1. The molecule has 0 bridgehead atoms. The van der Waals surface area contributed by atoms with Crippen molar-refractivity contribution >= 4 is 52.5 Å². The van der Waals surface area contributed by atoms with Gasteiger partial charge in [-0.15, -0.1) is 11.8 Å². The van der Waals surface area contributed by atoms with Crippen molar-refractivity contribution < 1.29 is 19.1 Å². The number of carbonyl (C=O) groups excluding carboxylic acids is 2. The Morgan fingerprint density at radius 2 is 1.75 bits per heavy atom. The quantitative estimate of drug-likeness (QED) is 0.312. The maximum absolute atomic E-state index is 13.8. The summed E-state index contributed by atoms with van der Waals surface area (Å²) >= 11 is 14.1. The van der Waals surface area contributed by atoms with Gasteiger partial charge in [0.05, 0.1) is 35.0 Å². The van der Waals surface area contributed by atoms with Crippen LogP contribution >= 0.6 is 35.0 Å². The molecule has 0 aliphatic carbocycles. The standard InChI is InChI=1S/C30H31Cl2N3O4S/c1-33(29(36)18-35-26-15-24(31)25(32)16-28(26)39-19-30(35)37)27(17-34-10-12-38-13-11-34)22-5-3-4-21(14-22)20-6-8-23(40-2)9-7-20/h3-9,14-16,27H,10-13,17-19H2,1-2H3. The van der Waals surface area contributed by atoms with Crippen LogP contribution in [0.3, 0.4) is 0 Å². The lowest BCUT2D eigenvalue weighted by Crippen LogP contribution is -2.48. The van der Waals surface area contributed by atoms with Gasteiger partial charge in [0.1, 0.15) is 12.3 Å². The number of rotatable bonds is 8. The fraction of sp³-hybridized carbons (Fsp3) is 0.333. The van der Waals surface area contributed by atoms with E-state index in [2.05, 4.69) is 53.6 Å². The minimum atomic E-state index is -0.312. The van der Waals surface area contributed by atoms with Crippen LogP contribution in [0.2, 0.25) is 10.0 Å². The molecule has 0 spiro atoms. The Morgan fingerprint density at radius 3 is 2.48 bits per heavy atom. The molecule has 2 heterocycles.